The summed E-state index contributed by atoms with van der Waals surface area (Å²) in [4.78, 5) is 12.1. The first-order valence-electron chi connectivity index (χ1n) is 6.96. The van der Waals surface area contributed by atoms with Crippen LogP contribution >= 0.6 is 0 Å². The van der Waals surface area contributed by atoms with E-state index < -0.39 is 35.5 Å². The minimum absolute atomic E-state index is 0.0220. The molecule has 1 aliphatic carbocycles. The second-order valence-corrected chi connectivity index (χ2v) is 5.15. The van der Waals surface area contributed by atoms with E-state index in [1.54, 1.807) is 0 Å². The van der Waals surface area contributed by atoms with Crippen LogP contribution in [0.25, 0.3) is 0 Å². The molecule has 1 heterocycles. The zero-order valence-corrected chi connectivity index (χ0v) is 11.7. The van der Waals surface area contributed by atoms with E-state index in [1.165, 1.54) is 6.92 Å². The minimum atomic E-state index is -4.65. The van der Waals surface area contributed by atoms with Crippen LogP contribution in [0.1, 0.15) is 48.7 Å². The van der Waals surface area contributed by atoms with E-state index in [2.05, 4.69) is 10.4 Å². The predicted octanol–water partition coefficient (Wildman–Crippen LogP) is 1.96. The maximum absolute atomic E-state index is 13.1. The predicted molar refractivity (Wildman–Crippen MR) is 68.6 cm³/mol. The van der Waals surface area contributed by atoms with Gasteiger partial charge in [-0.25, -0.2) is 0 Å². The van der Waals surface area contributed by atoms with Crippen LogP contribution in [0.4, 0.5) is 13.2 Å². The average molecular weight is 305 g/mol. The molecule has 118 valence electrons. The molecule has 2 N–H and O–H groups in total. The first-order chi connectivity index (χ1) is 9.84. The fraction of sp³-hybridized carbons (Fsp3) is 0.692. The van der Waals surface area contributed by atoms with Gasteiger partial charge in [0.05, 0.1) is 23.9 Å². The lowest BCUT2D eigenvalue weighted by molar-refractivity contribution is -0.144. The molecule has 1 aromatic rings. The summed E-state index contributed by atoms with van der Waals surface area (Å²) >= 11 is 0. The second kappa shape index (κ2) is 6.05. The Kier molecular flexibility index (Phi) is 4.55. The van der Waals surface area contributed by atoms with E-state index in [-0.39, 0.29) is 6.54 Å². The van der Waals surface area contributed by atoms with E-state index >= 15 is 0 Å². The molecule has 1 fully saturated rings. The summed E-state index contributed by atoms with van der Waals surface area (Å²) in [6, 6.07) is -0.502. The van der Waals surface area contributed by atoms with Crippen molar-refractivity contribution in [3.63, 3.8) is 0 Å². The van der Waals surface area contributed by atoms with Gasteiger partial charge in [-0.3, -0.25) is 9.48 Å². The van der Waals surface area contributed by atoms with E-state index in [0.717, 1.165) is 23.7 Å². The van der Waals surface area contributed by atoms with Crippen molar-refractivity contribution in [3.05, 3.63) is 17.5 Å². The highest BCUT2D eigenvalue weighted by molar-refractivity contribution is 5.95. The average Bonchev–Trinajstić information content (AvgIpc) is 2.85. The van der Waals surface area contributed by atoms with Gasteiger partial charge in [-0.15, -0.1) is 0 Å². The van der Waals surface area contributed by atoms with Crippen LogP contribution in [0.3, 0.4) is 0 Å². The summed E-state index contributed by atoms with van der Waals surface area (Å²) in [7, 11) is 0. The highest BCUT2D eigenvalue weighted by atomic mass is 19.4. The Morgan fingerprint density at radius 2 is 2.14 bits per heavy atom. The van der Waals surface area contributed by atoms with Crippen molar-refractivity contribution >= 4 is 5.91 Å². The summed E-state index contributed by atoms with van der Waals surface area (Å²) in [5.74, 6) is -0.840. The number of rotatable bonds is 3. The Hall–Kier alpha value is -1.57. The zero-order chi connectivity index (χ0) is 15.6. The Bertz CT molecular complexity index is 513. The molecule has 1 aliphatic rings. The maximum atomic E-state index is 13.1. The number of carbonyl (C=O) groups excluding carboxylic acids is 1. The van der Waals surface area contributed by atoms with Gasteiger partial charge in [-0.1, -0.05) is 12.8 Å². The Morgan fingerprint density at radius 3 is 2.71 bits per heavy atom. The first-order valence-corrected chi connectivity index (χ1v) is 6.96. The molecule has 21 heavy (non-hydrogen) atoms. The van der Waals surface area contributed by atoms with Gasteiger partial charge in [0.25, 0.3) is 5.91 Å². The van der Waals surface area contributed by atoms with Crippen molar-refractivity contribution < 1.29 is 23.1 Å². The van der Waals surface area contributed by atoms with Crippen LogP contribution in [0.15, 0.2) is 6.20 Å². The van der Waals surface area contributed by atoms with Crippen molar-refractivity contribution in [2.45, 2.75) is 57.5 Å². The van der Waals surface area contributed by atoms with Gasteiger partial charge in [0.1, 0.15) is 0 Å². The monoisotopic (exact) mass is 305 g/mol. The minimum Gasteiger partial charge on any atom is -0.391 e. The smallest absolute Gasteiger partial charge is 0.391 e. The molecule has 0 saturated heterocycles. The summed E-state index contributed by atoms with van der Waals surface area (Å²) in [6.45, 7) is 1.54. The number of aryl methyl sites for hydroxylation is 1. The molecule has 1 saturated carbocycles. The molecule has 0 spiro atoms. The number of nitrogens with one attached hydrogen (secondary N) is 1. The van der Waals surface area contributed by atoms with Gasteiger partial charge in [0.15, 0.2) is 5.69 Å². The summed E-state index contributed by atoms with van der Waals surface area (Å²) in [6.07, 6.45) is -1.63. The summed E-state index contributed by atoms with van der Waals surface area (Å²) in [5.41, 5.74) is -1.55. The standard InChI is InChI=1S/C13H18F3N3O2/c1-2-19-11(13(14,15)16)8(7-17-19)12(21)18-9-5-3-4-6-10(9)20/h7,9-10,20H,2-6H2,1H3,(H,18,21). The lowest BCUT2D eigenvalue weighted by atomic mass is 9.92. The van der Waals surface area contributed by atoms with Crippen molar-refractivity contribution in [2.24, 2.45) is 0 Å². The number of alkyl halides is 3. The number of hydrogen-bond acceptors (Lipinski definition) is 3. The molecule has 2 rings (SSSR count). The SMILES string of the molecule is CCn1ncc(C(=O)NC2CCCCC2O)c1C(F)(F)F. The van der Waals surface area contributed by atoms with E-state index in [0.29, 0.717) is 12.8 Å². The quantitative estimate of drug-likeness (QED) is 0.897. The molecule has 2 unspecified atom stereocenters. The second-order valence-electron chi connectivity index (χ2n) is 5.15. The zero-order valence-electron chi connectivity index (χ0n) is 11.7. The molecule has 0 aromatic carbocycles. The topological polar surface area (TPSA) is 67.2 Å². The number of aromatic nitrogens is 2. The van der Waals surface area contributed by atoms with Crippen molar-refractivity contribution in [1.82, 2.24) is 15.1 Å². The molecule has 0 aliphatic heterocycles. The van der Waals surface area contributed by atoms with Gasteiger partial charge >= 0.3 is 6.18 Å². The molecule has 8 heteroatoms. The fourth-order valence-corrected chi connectivity index (χ4v) is 2.62. The van der Waals surface area contributed by atoms with Gasteiger partial charge in [0.2, 0.25) is 0 Å². The van der Waals surface area contributed by atoms with Crippen LogP contribution in [-0.4, -0.2) is 32.9 Å². The Balaban J connectivity index is 2.21. The molecule has 0 radical (unpaired) electrons. The summed E-state index contributed by atoms with van der Waals surface area (Å²) in [5, 5.41) is 15.9. The third kappa shape index (κ3) is 3.37. The number of aliphatic hydroxyl groups excluding tert-OH is 1. The van der Waals surface area contributed by atoms with Gasteiger partial charge in [0, 0.05) is 6.54 Å². The molecular formula is C13H18F3N3O2. The van der Waals surface area contributed by atoms with Crippen molar-refractivity contribution in [3.8, 4) is 0 Å². The van der Waals surface area contributed by atoms with Crippen LogP contribution in [0.2, 0.25) is 0 Å². The van der Waals surface area contributed by atoms with Crippen LogP contribution in [-0.2, 0) is 12.7 Å². The molecule has 1 amide bonds. The fourth-order valence-electron chi connectivity index (χ4n) is 2.62. The Morgan fingerprint density at radius 1 is 1.48 bits per heavy atom. The highest BCUT2D eigenvalue weighted by Gasteiger charge is 2.40. The van der Waals surface area contributed by atoms with Crippen molar-refractivity contribution in [2.75, 3.05) is 0 Å². The molecule has 0 bridgehead atoms. The highest BCUT2D eigenvalue weighted by Crippen LogP contribution is 2.32. The third-order valence-electron chi connectivity index (χ3n) is 3.70. The van der Waals surface area contributed by atoms with E-state index in [4.69, 9.17) is 0 Å². The number of halogens is 3. The van der Waals surface area contributed by atoms with E-state index in [9.17, 15) is 23.1 Å². The van der Waals surface area contributed by atoms with Gasteiger partial charge in [-0.05, 0) is 19.8 Å². The van der Waals surface area contributed by atoms with Crippen LogP contribution < -0.4 is 5.32 Å². The number of amides is 1. The number of hydrogen-bond donors (Lipinski definition) is 2. The van der Waals surface area contributed by atoms with Gasteiger partial charge < -0.3 is 10.4 Å². The van der Waals surface area contributed by atoms with Crippen LogP contribution in [0, 0.1) is 0 Å². The lowest BCUT2D eigenvalue weighted by Crippen LogP contribution is -2.45. The maximum Gasteiger partial charge on any atom is 0.433 e. The largest absolute Gasteiger partial charge is 0.433 e. The molecule has 1 aromatic heterocycles. The summed E-state index contributed by atoms with van der Waals surface area (Å²) < 4.78 is 39.9. The molecule has 2 atom stereocenters. The molecule has 5 nitrogen and oxygen atoms in total. The molecular weight excluding hydrogens is 287 g/mol. The lowest BCUT2D eigenvalue weighted by Gasteiger charge is -2.28. The third-order valence-corrected chi connectivity index (χ3v) is 3.70. The first kappa shape index (κ1) is 15.8. The number of aliphatic hydroxyl groups is 1. The van der Waals surface area contributed by atoms with Gasteiger partial charge in [-0.2, -0.15) is 18.3 Å². The van der Waals surface area contributed by atoms with Crippen molar-refractivity contribution in [1.29, 1.82) is 0 Å². The van der Waals surface area contributed by atoms with Crippen LogP contribution in [0.5, 0.6) is 0 Å². The normalized spacial score (nSPS) is 23.1. The van der Waals surface area contributed by atoms with E-state index in [1.807, 2.05) is 0 Å². The number of carbonyl (C=O) groups is 1. The Labute approximate surface area is 120 Å². The number of nitrogens with zero attached hydrogens (tertiary/aromatic N) is 2.